The molecule has 0 amide bonds. The van der Waals surface area contributed by atoms with Crippen molar-refractivity contribution in [3.8, 4) is 0 Å². The van der Waals surface area contributed by atoms with E-state index in [1.165, 1.54) is 0 Å². The van der Waals surface area contributed by atoms with Gasteiger partial charge in [0.2, 0.25) is 0 Å². The molecule has 2 rings (SSSR count). The molecule has 1 aliphatic rings. The lowest BCUT2D eigenvalue weighted by atomic mass is 9.92. The molecule has 1 aliphatic heterocycles. The van der Waals surface area contributed by atoms with Crippen molar-refractivity contribution in [3.63, 3.8) is 0 Å². The zero-order valence-electron chi connectivity index (χ0n) is 8.11. The fraction of sp³-hybridized carbons (Fsp3) is 0.364. The number of carbonyl (C=O) groups is 1. The molecule has 0 aromatic heterocycles. The lowest BCUT2D eigenvalue weighted by Crippen LogP contribution is -2.34. The van der Waals surface area contributed by atoms with Crippen molar-refractivity contribution in [1.82, 2.24) is 5.32 Å². The van der Waals surface area contributed by atoms with Gasteiger partial charge in [0.25, 0.3) is 0 Å². The smallest absolute Gasteiger partial charge is 0.321 e. The van der Waals surface area contributed by atoms with Crippen molar-refractivity contribution in [2.75, 3.05) is 6.54 Å². The number of rotatable bonds is 2. The van der Waals surface area contributed by atoms with Crippen LogP contribution in [0.1, 0.15) is 17.9 Å². The number of carboxylic acid groups (broad SMARTS) is 1. The summed E-state index contributed by atoms with van der Waals surface area (Å²) in [7, 11) is 0. The molecule has 4 heteroatoms. The van der Waals surface area contributed by atoms with Gasteiger partial charge in [0.05, 0.1) is 0 Å². The summed E-state index contributed by atoms with van der Waals surface area (Å²) in [6, 6.07) is 6.93. The van der Waals surface area contributed by atoms with Gasteiger partial charge in [0.15, 0.2) is 0 Å². The Kier molecular flexibility index (Phi) is 2.93. The Hall–Kier alpha value is -1.06. The van der Waals surface area contributed by atoms with E-state index in [0.717, 1.165) is 18.5 Å². The molecule has 0 aliphatic carbocycles. The van der Waals surface area contributed by atoms with E-state index in [1.54, 1.807) is 12.1 Å². The van der Waals surface area contributed by atoms with Gasteiger partial charge in [-0.3, -0.25) is 4.79 Å². The van der Waals surface area contributed by atoms with Crippen LogP contribution in [0.4, 0.5) is 0 Å². The lowest BCUT2D eigenvalue weighted by molar-refractivity contribution is -0.139. The van der Waals surface area contributed by atoms with Gasteiger partial charge in [0, 0.05) is 10.9 Å². The third kappa shape index (κ3) is 2.13. The second-order valence-electron chi connectivity index (χ2n) is 3.72. The highest BCUT2D eigenvalue weighted by atomic mass is 35.5. The fourth-order valence-electron chi connectivity index (χ4n) is 2.03. The highest BCUT2D eigenvalue weighted by Crippen LogP contribution is 2.28. The molecule has 2 N–H and O–H groups in total. The second kappa shape index (κ2) is 4.21. The number of carboxylic acids is 1. The van der Waals surface area contributed by atoms with Gasteiger partial charge < -0.3 is 10.4 Å². The van der Waals surface area contributed by atoms with Crippen LogP contribution in [0.3, 0.4) is 0 Å². The molecule has 3 nitrogen and oxygen atoms in total. The summed E-state index contributed by atoms with van der Waals surface area (Å²) in [5, 5.41) is 12.7. The minimum atomic E-state index is -0.785. The van der Waals surface area contributed by atoms with E-state index in [-0.39, 0.29) is 5.92 Å². The average Bonchev–Trinajstić information content (AvgIpc) is 2.67. The molecule has 15 heavy (non-hydrogen) atoms. The van der Waals surface area contributed by atoms with Gasteiger partial charge in [0.1, 0.15) is 6.04 Å². The first-order valence-corrected chi connectivity index (χ1v) is 5.28. The van der Waals surface area contributed by atoms with Crippen LogP contribution in [0.15, 0.2) is 24.3 Å². The lowest BCUT2D eigenvalue weighted by Gasteiger charge is -2.15. The number of aliphatic carboxylic acids is 1. The van der Waals surface area contributed by atoms with E-state index in [0.29, 0.717) is 5.02 Å². The third-order valence-corrected chi connectivity index (χ3v) is 3.04. The first-order valence-electron chi connectivity index (χ1n) is 4.90. The van der Waals surface area contributed by atoms with Gasteiger partial charge in [-0.2, -0.15) is 0 Å². The highest BCUT2D eigenvalue weighted by molar-refractivity contribution is 6.30. The van der Waals surface area contributed by atoms with E-state index in [2.05, 4.69) is 5.32 Å². The topological polar surface area (TPSA) is 49.3 Å². The van der Waals surface area contributed by atoms with E-state index in [1.807, 2.05) is 12.1 Å². The van der Waals surface area contributed by atoms with E-state index in [9.17, 15) is 4.79 Å². The summed E-state index contributed by atoms with van der Waals surface area (Å²) < 4.78 is 0. The van der Waals surface area contributed by atoms with Crippen LogP contribution in [0.25, 0.3) is 0 Å². The van der Waals surface area contributed by atoms with Crippen LogP contribution < -0.4 is 5.32 Å². The monoisotopic (exact) mass is 225 g/mol. The molecule has 0 saturated carbocycles. The quantitative estimate of drug-likeness (QED) is 0.808. The number of benzene rings is 1. The second-order valence-corrected chi connectivity index (χ2v) is 4.15. The molecule has 1 heterocycles. The number of hydrogen-bond acceptors (Lipinski definition) is 2. The Morgan fingerprint density at radius 1 is 1.40 bits per heavy atom. The van der Waals surface area contributed by atoms with Crippen LogP contribution in [0.2, 0.25) is 5.02 Å². The van der Waals surface area contributed by atoms with Crippen LogP contribution in [-0.2, 0) is 4.79 Å². The summed E-state index contributed by atoms with van der Waals surface area (Å²) in [5.41, 5.74) is 1.04. The number of nitrogens with one attached hydrogen (secondary N) is 1. The normalized spacial score (nSPS) is 25.4. The molecule has 1 fully saturated rings. The minimum Gasteiger partial charge on any atom is -0.480 e. The van der Waals surface area contributed by atoms with Crippen molar-refractivity contribution in [1.29, 1.82) is 0 Å². The predicted octanol–water partition coefficient (Wildman–Crippen LogP) is 1.87. The van der Waals surface area contributed by atoms with Gasteiger partial charge in [-0.15, -0.1) is 0 Å². The molecular formula is C11H12ClNO2. The van der Waals surface area contributed by atoms with Crippen molar-refractivity contribution < 1.29 is 9.90 Å². The van der Waals surface area contributed by atoms with E-state index in [4.69, 9.17) is 16.7 Å². The molecule has 2 atom stereocenters. The number of halogens is 1. The van der Waals surface area contributed by atoms with Crippen LogP contribution in [-0.4, -0.2) is 23.7 Å². The summed E-state index contributed by atoms with van der Waals surface area (Å²) in [6.07, 6.45) is 0.860. The summed E-state index contributed by atoms with van der Waals surface area (Å²) >= 11 is 5.79. The number of hydrogen-bond donors (Lipinski definition) is 2. The molecule has 1 aromatic rings. The molecule has 80 valence electrons. The minimum absolute atomic E-state index is 0.0553. The van der Waals surface area contributed by atoms with Crippen molar-refractivity contribution in [3.05, 3.63) is 34.9 Å². The van der Waals surface area contributed by atoms with Gasteiger partial charge in [-0.1, -0.05) is 23.7 Å². The Morgan fingerprint density at radius 3 is 2.67 bits per heavy atom. The predicted molar refractivity (Wildman–Crippen MR) is 58.2 cm³/mol. The maximum atomic E-state index is 11.0. The third-order valence-electron chi connectivity index (χ3n) is 2.79. The van der Waals surface area contributed by atoms with Crippen molar-refractivity contribution >= 4 is 17.6 Å². The Labute approximate surface area is 93.1 Å². The van der Waals surface area contributed by atoms with Crippen LogP contribution >= 0.6 is 11.6 Å². The van der Waals surface area contributed by atoms with Gasteiger partial charge in [-0.25, -0.2) is 0 Å². The molecule has 0 radical (unpaired) electrons. The van der Waals surface area contributed by atoms with E-state index >= 15 is 0 Å². The average molecular weight is 226 g/mol. The first-order chi connectivity index (χ1) is 7.18. The molecular weight excluding hydrogens is 214 g/mol. The molecule has 0 unspecified atom stereocenters. The largest absolute Gasteiger partial charge is 0.480 e. The Bertz CT molecular complexity index is 363. The SMILES string of the molecule is O=C(O)[C@@H]1NCC[C@H]1c1ccc(Cl)cc1. The first kappa shape index (κ1) is 10.5. The zero-order chi connectivity index (χ0) is 10.8. The van der Waals surface area contributed by atoms with Crippen LogP contribution in [0.5, 0.6) is 0 Å². The summed E-state index contributed by atoms with van der Waals surface area (Å²) in [4.78, 5) is 11.0. The molecule has 1 aromatic carbocycles. The summed E-state index contributed by atoms with van der Waals surface area (Å²) in [6.45, 7) is 0.754. The Morgan fingerprint density at radius 2 is 2.07 bits per heavy atom. The zero-order valence-corrected chi connectivity index (χ0v) is 8.87. The fourth-order valence-corrected chi connectivity index (χ4v) is 2.16. The van der Waals surface area contributed by atoms with Crippen LogP contribution in [0, 0.1) is 0 Å². The summed E-state index contributed by atoms with van der Waals surface area (Å²) in [5.74, 6) is -0.729. The van der Waals surface area contributed by atoms with Crippen molar-refractivity contribution in [2.45, 2.75) is 18.4 Å². The van der Waals surface area contributed by atoms with Gasteiger partial charge in [-0.05, 0) is 30.7 Å². The molecule has 1 saturated heterocycles. The van der Waals surface area contributed by atoms with Crippen molar-refractivity contribution in [2.24, 2.45) is 0 Å². The standard InChI is InChI=1S/C11H12ClNO2/c12-8-3-1-7(2-4-8)9-5-6-13-10(9)11(14)15/h1-4,9-10,13H,5-6H2,(H,14,15)/t9-,10+/m0/s1. The molecule has 0 spiro atoms. The van der Waals surface area contributed by atoms with Gasteiger partial charge >= 0.3 is 5.97 Å². The highest BCUT2D eigenvalue weighted by Gasteiger charge is 2.33. The Balaban J connectivity index is 2.22. The maximum Gasteiger partial charge on any atom is 0.321 e. The van der Waals surface area contributed by atoms with E-state index < -0.39 is 12.0 Å². The molecule has 0 bridgehead atoms. The maximum absolute atomic E-state index is 11.0.